The fraction of sp³-hybridized carbons (Fsp3) is 0.474. The van der Waals surface area contributed by atoms with Gasteiger partial charge in [-0.15, -0.1) is 0 Å². The van der Waals surface area contributed by atoms with E-state index in [0.29, 0.717) is 11.8 Å². The Labute approximate surface area is 146 Å². The van der Waals surface area contributed by atoms with Gasteiger partial charge in [-0.2, -0.15) is 10.1 Å². The van der Waals surface area contributed by atoms with Crippen LogP contribution in [0.15, 0.2) is 35.2 Å². The first kappa shape index (κ1) is 14.8. The number of rotatable bonds is 3. The highest BCUT2D eigenvalue weighted by Gasteiger charge is 2.44. The Morgan fingerprint density at radius 1 is 1.24 bits per heavy atom. The number of fused-ring (bicyclic) bond motifs is 1. The summed E-state index contributed by atoms with van der Waals surface area (Å²) in [4.78, 5) is 8.94. The summed E-state index contributed by atoms with van der Waals surface area (Å²) >= 11 is 0. The molecule has 6 nitrogen and oxygen atoms in total. The monoisotopic (exact) mass is 335 g/mol. The molecule has 1 aliphatic heterocycles. The largest absolute Gasteiger partial charge is 0.334 e. The van der Waals surface area contributed by atoms with Crippen LogP contribution in [0.5, 0.6) is 0 Å². The lowest BCUT2D eigenvalue weighted by molar-refractivity contribution is 0.272. The smallest absolute Gasteiger partial charge is 0.261 e. The molecular weight excluding hydrogens is 314 g/mol. The number of nitrogens with zero attached hydrogens (tertiary/aromatic N) is 5. The van der Waals surface area contributed by atoms with Crippen molar-refractivity contribution in [3.05, 3.63) is 47.8 Å². The van der Waals surface area contributed by atoms with Gasteiger partial charge in [0.1, 0.15) is 0 Å². The SMILES string of the molecule is CC1CCn2ncc(-c3nc(C4(c5ccncc5)CCC4)no3)c2C1. The normalized spacial score (nSPS) is 21.6. The predicted octanol–water partition coefficient (Wildman–Crippen LogP) is 3.38. The van der Waals surface area contributed by atoms with Crippen LogP contribution in [-0.4, -0.2) is 24.9 Å². The molecule has 0 radical (unpaired) electrons. The molecule has 0 saturated heterocycles. The third kappa shape index (κ3) is 2.23. The van der Waals surface area contributed by atoms with E-state index < -0.39 is 0 Å². The molecule has 0 N–H and O–H groups in total. The topological polar surface area (TPSA) is 69.6 Å². The van der Waals surface area contributed by atoms with E-state index in [2.05, 4.69) is 39.0 Å². The minimum absolute atomic E-state index is 0.120. The molecule has 3 aromatic rings. The number of aromatic nitrogens is 5. The average Bonchev–Trinajstić information content (AvgIpc) is 3.21. The molecule has 1 aliphatic carbocycles. The number of hydrogen-bond acceptors (Lipinski definition) is 5. The highest BCUT2D eigenvalue weighted by atomic mass is 16.5. The lowest BCUT2D eigenvalue weighted by Gasteiger charge is -2.39. The average molecular weight is 335 g/mol. The Bertz CT molecular complexity index is 894. The third-order valence-corrected chi connectivity index (χ3v) is 5.85. The maximum atomic E-state index is 5.68. The Hall–Kier alpha value is -2.50. The summed E-state index contributed by atoms with van der Waals surface area (Å²) in [6, 6.07) is 4.14. The second-order valence-electron chi connectivity index (χ2n) is 7.42. The van der Waals surface area contributed by atoms with E-state index in [1.807, 2.05) is 18.6 Å². The summed E-state index contributed by atoms with van der Waals surface area (Å²) in [5, 5.41) is 8.88. The van der Waals surface area contributed by atoms with Crippen molar-refractivity contribution in [2.45, 2.75) is 51.0 Å². The summed E-state index contributed by atoms with van der Waals surface area (Å²) in [7, 11) is 0. The molecule has 0 amide bonds. The molecule has 1 atom stereocenters. The molecule has 1 saturated carbocycles. The van der Waals surface area contributed by atoms with Crippen molar-refractivity contribution >= 4 is 0 Å². The van der Waals surface area contributed by atoms with E-state index >= 15 is 0 Å². The van der Waals surface area contributed by atoms with Gasteiger partial charge in [0.2, 0.25) is 0 Å². The van der Waals surface area contributed by atoms with Crippen molar-refractivity contribution in [3.63, 3.8) is 0 Å². The van der Waals surface area contributed by atoms with Crippen LogP contribution >= 0.6 is 0 Å². The fourth-order valence-electron chi connectivity index (χ4n) is 4.14. The highest BCUT2D eigenvalue weighted by Crippen LogP contribution is 2.48. The maximum absolute atomic E-state index is 5.68. The van der Waals surface area contributed by atoms with Crippen molar-refractivity contribution in [1.82, 2.24) is 24.9 Å². The Kier molecular flexibility index (Phi) is 3.26. The summed E-state index contributed by atoms with van der Waals surface area (Å²) in [6.07, 6.45) is 11.0. The van der Waals surface area contributed by atoms with E-state index in [1.54, 1.807) is 0 Å². The van der Waals surface area contributed by atoms with Gasteiger partial charge in [0.25, 0.3) is 5.89 Å². The van der Waals surface area contributed by atoms with Crippen LogP contribution in [0.1, 0.15) is 49.7 Å². The van der Waals surface area contributed by atoms with Gasteiger partial charge in [0.15, 0.2) is 5.82 Å². The van der Waals surface area contributed by atoms with Crippen molar-refractivity contribution < 1.29 is 4.52 Å². The second kappa shape index (κ2) is 5.51. The quantitative estimate of drug-likeness (QED) is 0.734. The Balaban J connectivity index is 1.53. The van der Waals surface area contributed by atoms with Crippen LogP contribution < -0.4 is 0 Å². The summed E-state index contributed by atoms with van der Waals surface area (Å²) in [5.74, 6) is 2.06. The lowest BCUT2D eigenvalue weighted by atomic mass is 9.64. The Morgan fingerprint density at radius 2 is 2.08 bits per heavy atom. The number of pyridine rings is 1. The van der Waals surface area contributed by atoms with Crippen LogP contribution in [0.25, 0.3) is 11.5 Å². The zero-order chi connectivity index (χ0) is 16.9. The summed E-state index contributed by atoms with van der Waals surface area (Å²) < 4.78 is 7.77. The first-order valence-corrected chi connectivity index (χ1v) is 9.06. The molecule has 5 rings (SSSR count). The summed E-state index contributed by atoms with van der Waals surface area (Å²) in [6.45, 7) is 3.25. The van der Waals surface area contributed by atoms with Crippen LogP contribution in [0.3, 0.4) is 0 Å². The van der Waals surface area contributed by atoms with E-state index in [9.17, 15) is 0 Å². The number of hydrogen-bond donors (Lipinski definition) is 0. The molecule has 1 fully saturated rings. The van der Waals surface area contributed by atoms with Crippen molar-refractivity contribution in [1.29, 1.82) is 0 Å². The van der Waals surface area contributed by atoms with Gasteiger partial charge >= 0.3 is 0 Å². The molecule has 0 spiro atoms. The summed E-state index contributed by atoms with van der Waals surface area (Å²) in [5.41, 5.74) is 3.33. The van der Waals surface area contributed by atoms with E-state index in [4.69, 9.17) is 9.51 Å². The van der Waals surface area contributed by atoms with Gasteiger partial charge in [-0.05, 0) is 49.3 Å². The molecule has 4 heterocycles. The zero-order valence-electron chi connectivity index (χ0n) is 14.4. The Morgan fingerprint density at radius 3 is 2.84 bits per heavy atom. The van der Waals surface area contributed by atoms with Gasteiger partial charge in [-0.25, -0.2) is 0 Å². The maximum Gasteiger partial charge on any atom is 0.261 e. The molecule has 128 valence electrons. The highest BCUT2D eigenvalue weighted by molar-refractivity contribution is 5.56. The van der Waals surface area contributed by atoms with Crippen molar-refractivity contribution in [2.24, 2.45) is 5.92 Å². The molecule has 3 aromatic heterocycles. The predicted molar refractivity (Wildman–Crippen MR) is 91.9 cm³/mol. The van der Waals surface area contributed by atoms with Gasteiger partial charge in [0.05, 0.1) is 22.9 Å². The van der Waals surface area contributed by atoms with Crippen LogP contribution in [-0.2, 0) is 18.4 Å². The van der Waals surface area contributed by atoms with E-state index in [0.717, 1.165) is 37.2 Å². The molecule has 1 unspecified atom stereocenters. The number of aryl methyl sites for hydroxylation is 1. The van der Waals surface area contributed by atoms with E-state index in [1.165, 1.54) is 24.1 Å². The minimum Gasteiger partial charge on any atom is -0.334 e. The first-order valence-electron chi connectivity index (χ1n) is 9.06. The van der Waals surface area contributed by atoms with Crippen LogP contribution in [0, 0.1) is 5.92 Å². The van der Waals surface area contributed by atoms with Gasteiger partial charge in [-0.1, -0.05) is 18.5 Å². The van der Waals surface area contributed by atoms with Gasteiger partial charge in [0, 0.05) is 18.9 Å². The lowest BCUT2D eigenvalue weighted by Crippen LogP contribution is -2.36. The molecule has 25 heavy (non-hydrogen) atoms. The molecule has 0 aromatic carbocycles. The zero-order valence-corrected chi connectivity index (χ0v) is 14.4. The molecule has 0 bridgehead atoms. The minimum atomic E-state index is -0.120. The van der Waals surface area contributed by atoms with Crippen LogP contribution in [0.4, 0.5) is 0 Å². The third-order valence-electron chi connectivity index (χ3n) is 5.85. The van der Waals surface area contributed by atoms with Crippen LogP contribution in [0.2, 0.25) is 0 Å². The van der Waals surface area contributed by atoms with Gasteiger partial charge in [-0.3, -0.25) is 9.67 Å². The molecule has 2 aliphatic rings. The first-order chi connectivity index (χ1) is 12.3. The molecular formula is C19H21N5O. The molecule has 6 heteroatoms. The van der Waals surface area contributed by atoms with E-state index in [-0.39, 0.29) is 5.41 Å². The standard InChI is InChI=1S/C19H21N5O/c1-13-5-10-24-16(11-13)15(12-21-24)17-22-18(23-25-17)19(6-2-7-19)14-3-8-20-9-4-14/h3-4,8-9,12-13H,2,5-7,10-11H2,1H3. The van der Waals surface area contributed by atoms with Crippen molar-refractivity contribution in [3.8, 4) is 11.5 Å². The fourth-order valence-corrected chi connectivity index (χ4v) is 4.14. The van der Waals surface area contributed by atoms with Crippen molar-refractivity contribution in [2.75, 3.05) is 0 Å². The van der Waals surface area contributed by atoms with Gasteiger partial charge < -0.3 is 4.52 Å². The second-order valence-corrected chi connectivity index (χ2v) is 7.42.